The Bertz CT molecular complexity index is 518. The minimum Gasteiger partial charge on any atom is -0.369 e. The van der Waals surface area contributed by atoms with Gasteiger partial charge in [-0.1, -0.05) is 0 Å². The zero-order valence-corrected chi connectivity index (χ0v) is 11.0. The molecule has 0 spiro atoms. The summed E-state index contributed by atoms with van der Waals surface area (Å²) in [6.07, 6.45) is 3.64. The summed E-state index contributed by atoms with van der Waals surface area (Å²) in [6.45, 7) is 3.86. The number of nitrogens with one attached hydrogen (secondary N) is 1. The first-order valence-corrected chi connectivity index (χ1v) is 6.16. The Labute approximate surface area is 112 Å². The molecule has 1 amide bonds. The van der Waals surface area contributed by atoms with E-state index in [-0.39, 0.29) is 18.6 Å². The number of ether oxygens (including phenoxy) is 1. The number of aromatic nitrogens is 2. The lowest BCUT2D eigenvalue weighted by Gasteiger charge is -2.09. The monoisotopic (exact) mass is 259 g/mol. The van der Waals surface area contributed by atoms with E-state index in [1.807, 2.05) is 50.4 Å². The molecule has 0 aliphatic carbocycles. The smallest absolute Gasteiger partial charge is 0.250 e. The Morgan fingerprint density at radius 2 is 2.11 bits per heavy atom. The SMILES string of the molecule is CC(C)OCC(=O)Nc1ccc(-n2cccn2)cc1. The van der Waals surface area contributed by atoms with Crippen molar-refractivity contribution in [2.24, 2.45) is 0 Å². The molecule has 0 bridgehead atoms. The third-order valence-electron chi connectivity index (χ3n) is 2.47. The van der Waals surface area contributed by atoms with Crippen LogP contribution in [0, 0.1) is 0 Å². The number of rotatable bonds is 5. The molecule has 5 heteroatoms. The standard InChI is InChI=1S/C14H17N3O2/c1-11(2)19-10-14(18)16-12-4-6-13(7-5-12)17-9-3-8-15-17/h3-9,11H,10H2,1-2H3,(H,16,18). The van der Waals surface area contributed by atoms with E-state index in [0.717, 1.165) is 11.4 Å². The van der Waals surface area contributed by atoms with Crippen LogP contribution in [0.5, 0.6) is 0 Å². The fourth-order valence-corrected chi connectivity index (χ4v) is 1.56. The summed E-state index contributed by atoms with van der Waals surface area (Å²) in [4.78, 5) is 11.6. The molecule has 0 saturated carbocycles. The maximum absolute atomic E-state index is 11.6. The van der Waals surface area contributed by atoms with Gasteiger partial charge in [0.25, 0.3) is 0 Å². The Balaban J connectivity index is 1.94. The van der Waals surface area contributed by atoms with Gasteiger partial charge in [0.15, 0.2) is 0 Å². The zero-order chi connectivity index (χ0) is 13.7. The van der Waals surface area contributed by atoms with E-state index in [1.165, 1.54) is 0 Å². The lowest BCUT2D eigenvalue weighted by atomic mass is 10.3. The summed E-state index contributed by atoms with van der Waals surface area (Å²) in [5.74, 6) is -0.152. The van der Waals surface area contributed by atoms with Gasteiger partial charge in [-0.15, -0.1) is 0 Å². The Morgan fingerprint density at radius 1 is 1.37 bits per heavy atom. The fraction of sp³-hybridized carbons (Fsp3) is 0.286. The van der Waals surface area contributed by atoms with Crippen molar-refractivity contribution >= 4 is 11.6 Å². The third kappa shape index (κ3) is 3.93. The van der Waals surface area contributed by atoms with Crippen molar-refractivity contribution in [2.75, 3.05) is 11.9 Å². The minimum atomic E-state index is -0.152. The molecule has 5 nitrogen and oxygen atoms in total. The van der Waals surface area contributed by atoms with Crippen molar-refractivity contribution in [2.45, 2.75) is 20.0 Å². The van der Waals surface area contributed by atoms with Gasteiger partial charge in [0.2, 0.25) is 5.91 Å². The highest BCUT2D eigenvalue weighted by Crippen LogP contribution is 2.12. The highest BCUT2D eigenvalue weighted by Gasteiger charge is 2.04. The average molecular weight is 259 g/mol. The summed E-state index contributed by atoms with van der Waals surface area (Å²) in [6, 6.07) is 9.32. The Kier molecular flexibility index (Phi) is 4.30. The Morgan fingerprint density at radius 3 is 2.68 bits per heavy atom. The highest BCUT2D eigenvalue weighted by molar-refractivity contribution is 5.91. The number of benzene rings is 1. The molecule has 0 unspecified atom stereocenters. The molecule has 1 aromatic carbocycles. The summed E-state index contributed by atoms with van der Waals surface area (Å²) >= 11 is 0. The van der Waals surface area contributed by atoms with Gasteiger partial charge in [0.05, 0.1) is 11.8 Å². The van der Waals surface area contributed by atoms with Crippen LogP contribution < -0.4 is 5.32 Å². The van der Waals surface area contributed by atoms with Crippen LogP contribution >= 0.6 is 0 Å². The molecule has 1 aromatic heterocycles. The number of carbonyl (C=O) groups is 1. The zero-order valence-electron chi connectivity index (χ0n) is 11.0. The average Bonchev–Trinajstić information content (AvgIpc) is 2.91. The van der Waals surface area contributed by atoms with Crippen LogP contribution in [-0.4, -0.2) is 28.4 Å². The first-order valence-electron chi connectivity index (χ1n) is 6.16. The van der Waals surface area contributed by atoms with Gasteiger partial charge in [-0.05, 0) is 44.2 Å². The number of hydrogen-bond acceptors (Lipinski definition) is 3. The van der Waals surface area contributed by atoms with E-state index < -0.39 is 0 Å². The summed E-state index contributed by atoms with van der Waals surface area (Å²) in [5.41, 5.74) is 1.69. The van der Waals surface area contributed by atoms with Gasteiger partial charge in [0.1, 0.15) is 6.61 Å². The molecule has 0 radical (unpaired) electrons. The molecule has 0 fully saturated rings. The van der Waals surface area contributed by atoms with Crippen molar-refractivity contribution in [3.8, 4) is 5.69 Å². The van der Waals surface area contributed by atoms with Gasteiger partial charge >= 0.3 is 0 Å². The topological polar surface area (TPSA) is 56.1 Å². The number of nitrogens with zero attached hydrogens (tertiary/aromatic N) is 2. The second-order valence-electron chi connectivity index (χ2n) is 4.41. The first-order chi connectivity index (χ1) is 9.15. The molecular weight excluding hydrogens is 242 g/mol. The van der Waals surface area contributed by atoms with Crippen LogP contribution in [0.2, 0.25) is 0 Å². The summed E-state index contributed by atoms with van der Waals surface area (Å²) in [7, 11) is 0. The maximum atomic E-state index is 11.6. The van der Waals surface area contributed by atoms with Gasteiger partial charge in [-0.2, -0.15) is 5.10 Å². The second-order valence-corrected chi connectivity index (χ2v) is 4.41. The predicted octanol–water partition coefficient (Wildman–Crippen LogP) is 2.24. The molecule has 1 heterocycles. The van der Waals surface area contributed by atoms with Crippen LogP contribution in [0.4, 0.5) is 5.69 Å². The maximum Gasteiger partial charge on any atom is 0.250 e. The van der Waals surface area contributed by atoms with Crippen LogP contribution in [-0.2, 0) is 9.53 Å². The summed E-state index contributed by atoms with van der Waals surface area (Å²) in [5, 5.41) is 6.91. The molecule has 2 aromatic rings. The molecule has 0 aliphatic rings. The molecule has 0 atom stereocenters. The molecule has 1 N–H and O–H groups in total. The fourth-order valence-electron chi connectivity index (χ4n) is 1.56. The van der Waals surface area contributed by atoms with Crippen molar-refractivity contribution in [3.63, 3.8) is 0 Å². The summed E-state index contributed by atoms with van der Waals surface area (Å²) < 4.78 is 6.99. The van der Waals surface area contributed by atoms with Crippen molar-refractivity contribution in [3.05, 3.63) is 42.7 Å². The number of amides is 1. The molecular formula is C14H17N3O2. The molecule has 0 saturated heterocycles. The van der Waals surface area contributed by atoms with Crippen LogP contribution in [0.3, 0.4) is 0 Å². The van der Waals surface area contributed by atoms with Crippen molar-refractivity contribution in [1.82, 2.24) is 9.78 Å². The number of hydrogen-bond donors (Lipinski definition) is 1. The Hall–Kier alpha value is -2.14. The molecule has 0 aliphatic heterocycles. The molecule has 100 valence electrons. The molecule has 19 heavy (non-hydrogen) atoms. The van der Waals surface area contributed by atoms with Gasteiger partial charge in [-0.25, -0.2) is 4.68 Å². The van der Waals surface area contributed by atoms with E-state index in [1.54, 1.807) is 10.9 Å². The van der Waals surface area contributed by atoms with Gasteiger partial charge in [0, 0.05) is 18.1 Å². The first kappa shape index (κ1) is 13.3. The normalized spacial score (nSPS) is 10.7. The van der Waals surface area contributed by atoms with Gasteiger partial charge in [-0.3, -0.25) is 4.79 Å². The molecule has 2 rings (SSSR count). The van der Waals surface area contributed by atoms with Crippen molar-refractivity contribution < 1.29 is 9.53 Å². The third-order valence-corrected chi connectivity index (χ3v) is 2.47. The van der Waals surface area contributed by atoms with Crippen LogP contribution in [0.25, 0.3) is 5.69 Å². The number of anilines is 1. The quantitative estimate of drug-likeness (QED) is 0.895. The van der Waals surface area contributed by atoms with E-state index >= 15 is 0 Å². The van der Waals surface area contributed by atoms with Gasteiger partial charge < -0.3 is 10.1 Å². The van der Waals surface area contributed by atoms with Crippen LogP contribution in [0.15, 0.2) is 42.7 Å². The van der Waals surface area contributed by atoms with Crippen LogP contribution in [0.1, 0.15) is 13.8 Å². The number of carbonyl (C=O) groups excluding carboxylic acids is 1. The minimum absolute atomic E-state index is 0.0490. The van der Waals surface area contributed by atoms with E-state index in [0.29, 0.717) is 0 Å². The van der Waals surface area contributed by atoms with Crippen molar-refractivity contribution in [1.29, 1.82) is 0 Å². The lowest BCUT2D eigenvalue weighted by molar-refractivity contribution is -0.121. The highest BCUT2D eigenvalue weighted by atomic mass is 16.5. The van der Waals surface area contributed by atoms with E-state index in [2.05, 4.69) is 10.4 Å². The van der Waals surface area contributed by atoms with E-state index in [4.69, 9.17) is 4.74 Å². The van der Waals surface area contributed by atoms with E-state index in [9.17, 15) is 4.79 Å². The largest absolute Gasteiger partial charge is 0.369 e. The predicted molar refractivity (Wildman–Crippen MR) is 73.3 cm³/mol. The lowest BCUT2D eigenvalue weighted by Crippen LogP contribution is -2.20. The second kappa shape index (κ2) is 6.15.